The first kappa shape index (κ1) is 15.3. The van der Waals surface area contributed by atoms with Crippen LogP contribution in [-0.2, 0) is 24.3 Å². The summed E-state index contributed by atoms with van der Waals surface area (Å²) in [5.41, 5.74) is 0. The maximum Gasteiger partial charge on any atom is 0.322 e. The molecule has 0 aromatic rings. The quantitative estimate of drug-likeness (QED) is 0.675. The lowest BCUT2D eigenvalue weighted by atomic mass is 10.3. The van der Waals surface area contributed by atoms with Gasteiger partial charge in [0.25, 0.3) is 0 Å². The summed E-state index contributed by atoms with van der Waals surface area (Å²) < 4.78 is 29.3. The normalized spacial score (nSPS) is 21.5. The van der Waals surface area contributed by atoms with Crippen LogP contribution in [0.5, 0.6) is 0 Å². The van der Waals surface area contributed by atoms with E-state index in [-0.39, 0.29) is 18.7 Å². The van der Waals surface area contributed by atoms with Gasteiger partial charge in [0.1, 0.15) is 6.04 Å². The van der Waals surface area contributed by atoms with E-state index in [2.05, 4.69) is 4.74 Å². The second-order valence-electron chi connectivity index (χ2n) is 3.68. The summed E-state index contributed by atoms with van der Waals surface area (Å²) in [5, 5.41) is 8.98. The van der Waals surface area contributed by atoms with Crippen molar-refractivity contribution in [3.05, 3.63) is 0 Å². The van der Waals surface area contributed by atoms with Crippen molar-refractivity contribution in [2.45, 2.75) is 12.5 Å². The highest BCUT2D eigenvalue weighted by molar-refractivity contribution is 7.99. The summed E-state index contributed by atoms with van der Waals surface area (Å²) in [4.78, 5) is 21.9. The molecule has 0 saturated carbocycles. The number of aliphatic carboxylic acids is 1. The number of thioether (sulfide) groups is 1. The van der Waals surface area contributed by atoms with Gasteiger partial charge in [0.05, 0.1) is 19.3 Å². The Balaban J connectivity index is 2.75. The van der Waals surface area contributed by atoms with Gasteiger partial charge in [0, 0.05) is 18.1 Å². The van der Waals surface area contributed by atoms with E-state index in [9.17, 15) is 18.0 Å². The predicted octanol–water partition coefficient (Wildman–Crippen LogP) is -0.619. The van der Waals surface area contributed by atoms with E-state index >= 15 is 0 Å². The summed E-state index contributed by atoms with van der Waals surface area (Å²) >= 11 is 1.40. The maximum atomic E-state index is 12.0. The number of sulfonamides is 1. The Morgan fingerprint density at radius 2 is 2.17 bits per heavy atom. The van der Waals surface area contributed by atoms with E-state index in [1.54, 1.807) is 0 Å². The third-order valence-corrected chi connectivity index (χ3v) is 5.41. The highest BCUT2D eigenvalue weighted by Crippen LogP contribution is 2.20. The summed E-state index contributed by atoms with van der Waals surface area (Å²) in [6.07, 6.45) is -0.269. The molecule has 1 N–H and O–H groups in total. The second-order valence-corrected chi connectivity index (χ2v) is 6.87. The van der Waals surface area contributed by atoms with Crippen LogP contribution < -0.4 is 0 Å². The van der Waals surface area contributed by atoms with Gasteiger partial charge in [0.2, 0.25) is 10.0 Å². The van der Waals surface area contributed by atoms with Gasteiger partial charge in [-0.15, -0.1) is 0 Å². The van der Waals surface area contributed by atoms with E-state index < -0.39 is 33.8 Å². The van der Waals surface area contributed by atoms with E-state index in [4.69, 9.17) is 5.11 Å². The Bertz CT molecular complexity index is 421. The van der Waals surface area contributed by atoms with E-state index in [1.165, 1.54) is 18.9 Å². The molecule has 9 heteroatoms. The molecule has 1 saturated heterocycles. The zero-order valence-electron chi connectivity index (χ0n) is 9.87. The fourth-order valence-electron chi connectivity index (χ4n) is 1.55. The topological polar surface area (TPSA) is 101 Å². The molecule has 0 aromatic heterocycles. The smallest absolute Gasteiger partial charge is 0.322 e. The lowest BCUT2D eigenvalue weighted by Gasteiger charge is -2.31. The molecule has 1 unspecified atom stereocenters. The average molecular weight is 297 g/mol. The van der Waals surface area contributed by atoms with Crippen LogP contribution >= 0.6 is 11.8 Å². The Labute approximate surface area is 110 Å². The van der Waals surface area contributed by atoms with Crippen molar-refractivity contribution in [2.75, 3.05) is 30.9 Å². The summed E-state index contributed by atoms with van der Waals surface area (Å²) in [6, 6.07) is -1.05. The van der Waals surface area contributed by atoms with Crippen molar-refractivity contribution in [2.24, 2.45) is 0 Å². The summed E-state index contributed by atoms with van der Waals surface area (Å²) in [5.74, 6) is -1.43. The van der Waals surface area contributed by atoms with Gasteiger partial charge in [-0.2, -0.15) is 16.1 Å². The van der Waals surface area contributed by atoms with Crippen LogP contribution in [0.2, 0.25) is 0 Å². The third kappa shape index (κ3) is 3.85. The number of hydrogen-bond donors (Lipinski definition) is 1. The standard InChI is InChI=1S/C9H15NO6S2/c1-16-8(11)2-5-18(14,15)10-3-4-17-6-7(10)9(12)13/h7H,2-6H2,1H3,(H,12,13). The van der Waals surface area contributed by atoms with Crippen molar-refractivity contribution >= 4 is 33.7 Å². The molecule has 1 rings (SSSR count). The Hall–Kier alpha value is -0.800. The molecular formula is C9H15NO6S2. The van der Waals surface area contributed by atoms with Crippen LogP contribution in [-0.4, -0.2) is 66.7 Å². The highest BCUT2D eigenvalue weighted by atomic mass is 32.2. The van der Waals surface area contributed by atoms with Gasteiger partial charge in [-0.3, -0.25) is 9.59 Å². The Morgan fingerprint density at radius 1 is 1.50 bits per heavy atom. The van der Waals surface area contributed by atoms with Gasteiger partial charge in [-0.05, 0) is 0 Å². The fourth-order valence-corrected chi connectivity index (χ4v) is 4.38. The lowest BCUT2D eigenvalue weighted by molar-refractivity contribution is -0.141. The SMILES string of the molecule is COC(=O)CCS(=O)(=O)N1CCSCC1C(=O)O. The molecule has 104 valence electrons. The molecule has 0 radical (unpaired) electrons. The van der Waals surface area contributed by atoms with Crippen molar-refractivity contribution in [1.29, 1.82) is 0 Å². The van der Waals surface area contributed by atoms with Crippen molar-refractivity contribution in [3.63, 3.8) is 0 Å². The number of carbonyl (C=O) groups excluding carboxylic acids is 1. The zero-order chi connectivity index (χ0) is 13.8. The molecule has 0 spiro atoms. The number of methoxy groups -OCH3 is 1. The number of carboxylic acid groups (broad SMARTS) is 1. The number of ether oxygens (including phenoxy) is 1. The number of carboxylic acids is 1. The molecule has 1 aliphatic heterocycles. The fraction of sp³-hybridized carbons (Fsp3) is 0.778. The van der Waals surface area contributed by atoms with Gasteiger partial charge in [-0.1, -0.05) is 0 Å². The Kier molecular flexibility index (Phi) is 5.42. The molecule has 0 aliphatic carbocycles. The van der Waals surface area contributed by atoms with E-state index in [0.29, 0.717) is 5.75 Å². The van der Waals surface area contributed by atoms with Crippen LogP contribution in [0.4, 0.5) is 0 Å². The second kappa shape index (κ2) is 6.39. The van der Waals surface area contributed by atoms with E-state index in [0.717, 1.165) is 4.31 Å². The van der Waals surface area contributed by atoms with Crippen LogP contribution in [0, 0.1) is 0 Å². The maximum absolute atomic E-state index is 12.0. The van der Waals surface area contributed by atoms with Gasteiger partial charge in [0.15, 0.2) is 0 Å². The molecule has 0 amide bonds. The van der Waals surface area contributed by atoms with Gasteiger partial charge >= 0.3 is 11.9 Å². The zero-order valence-corrected chi connectivity index (χ0v) is 11.5. The predicted molar refractivity (Wildman–Crippen MR) is 65.9 cm³/mol. The van der Waals surface area contributed by atoms with Gasteiger partial charge < -0.3 is 9.84 Å². The molecule has 0 bridgehead atoms. The van der Waals surface area contributed by atoms with Crippen molar-refractivity contribution in [1.82, 2.24) is 4.31 Å². The molecule has 1 atom stereocenters. The third-order valence-electron chi connectivity index (χ3n) is 2.51. The van der Waals surface area contributed by atoms with Crippen molar-refractivity contribution < 1.29 is 27.9 Å². The first-order valence-corrected chi connectivity index (χ1v) is 8.01. The molecule has 1 aliphatic rings. The molecule has 18 heavy (non-hydrogen) atoms. The molecular weight excluding hydrogens is 282 g/mol. The first-order chi connectivity index (χ1) is 8.38. The summed E-state index contributed by atoms with van der Waals surface area (Å²) in [7, 11) is -2.57. The number of hydrogen-bond acceptors (Lipinski definition) is 6. The summed E-state index contributed by atoms with van der Waals surface area (Å²) in [6.45, 7) is 0.158. The number of rotatable bonds is 5. The van der Waals surface area contributed by atoms with Gasteiger partial charge in [-0.25, -0.2) is 8.42 Å². The van der Waals surface area contributed by atoms with Crippen LogP contribution in [0.3, 0.4) is 0 Å². The molecule has 1 fully saturated rings. The van der Waals surface area contributed by atoms with Crippen LogP contribution in [0.15, 0.2) is 0 Å². The first-order valence-electron chi connectivity index (χ1n) is 5.25. The molecule has 1 heterocycles. The lowest BCUT2D eigenvalue weighted by Crippen LogP contribution is -2.51. The molecule has 7 nitrogen and oxygen atoms in total. The average Bonchev–Trinajstić information content (AvgIpc) is 2.36. The van der Waals surface area contributed by atoms with Crippen LogP contribution in [0.25, 0.3) is 0 Å². The minimum Gasteiger partial charge on any atom is -0.480 e. The van der Waals surface area contributed by atoms with Crippen molar-refractivity contribution in [3.8, 4) is 0 Å². The van der Waals surface area contributed by atoms with E-state index in [1.807, 2.05) is 0 Å². The number of esters is 1. The Morgan fingerprint density at radius 3 is 2.72 bits per heavy atom. The number of carbonyl (C=O) groups is 2. The number of nitrogens with zero attached hydrogens (tertiary/aromatic N) is 1. The minimum atomic E-state index is -3.74. The highest BCUT2D eigenvalue weighted by Gasteiger charge is 2.37. The monoisotopic (exact) mass is 297 g/mol. The largest absolute Gasteiger partial charge is 0.480 e. The molecule has 0 aromatic carbocycles. The van der Waals surface area contributed by atoms with Crippen LogP contribution in [0.1, 0.15) is 6.42 Å². The minimum absolute atomic E-state index is 0.158.